The molecule has 0 aliphatic rings. The van der Waals surface area contributed by atoms with Crippen molar-refractivity contribution in [2.75, 3.05) is 11.9 Å². The van der Waals surface area contributed by atoms with E-state index in [9.17, 15) is 9.59 Å². The molecule has 0 spiro atoms. The number of nitrogens with zero attached hydrogens (tertiary/aromatic N) is 2. The molecule has 3 rings (SSSR count). The molecule has 31 heavy (non-hydrogen) atoms. The second kappa shape index (κ2) is 10.1. The zero-order chi connectivity index (χ0) is 22.4. The van der Waals surface area contributed by atoms with Gasteiger partial charge in [0.05, 0.1) is 18.8 Å². The molecule has 1 N–H and O–H groups in total. The summed E-state index contributed by atoms with van der Waals surface area (Å²) in [6, 6.07) is 16.6. The van der Waals surface area contributed by atoms with Crippen molar-refractivity contribution in [1.29, 1.82) is 0 Å². The molecule has 0 fully saturated rings. The number of esters is 1. The highest BCUT2D eigenvalue weighted by atomic mass is 35.5. The molecule has 0 saturated heterocycles. The van der Waals surface area contributed by atoms with Crippen LogP contribution in [0.5, 0.6) is 5.75 Å². The monoisotopic (exact) mass is 441 g/mol. The number of aryl methyl sites for hydroxylation is 1. The van der Waals surface area contributed by atoms with Crippen molar-refractivity contribution in [1.82, 2.24) is 9.78 Å². The number of benzene rings is 2. The minimum absolute atomic E-state index is 0.151. The topological polar surface area (TPSA) is 82.4 Å². The minimum Gasteiger partial charge on any atom is -0.494 e. The first-order valence-corrected chi connectivity index (χ1v) is 10.3. The molecule has 3 aromatic rings. The number of amides is 1. The molecule has 2 aromatic carbocycles. The van der Waals surface area contributed by atoms with E-state index >= 15 is 0 Å². The number of rotatable bonds is 8. The van der Waals surface area contributed by atoms with Gasteiger partial charge in [-0.2, -0.15) is 5.10 Å². The zero-order valence-corrected chi connectivity index (χ0v) is 18.3. The Balaban J connectivity index is 1.64. The molecule has 8 heteroatoms. The van der Waals surface area contributed by atoms with Gasteiger partial charge in [0.15, 0.2) is 6.10 Å². The lowest BCUT2D eigenvalue weighted by atomic mass is 10.2. The quantitative estimate of drug-likeness (QED) is 0.521. The van der Waals surface area contributed by atoms with E-state index in [1.807, 2.05) is 37.3 Å². The molecule has 1 aromatic heterocycles. The molecule has 1 heterocycles. The standard InChI is InChI=1S/C23H24ClN3O4/c1-4-30-19-12-10-18(11-13-19)25-22(28)16(3)31-23(29)20-15(2)26-27(21(20)24)14-17-8-6-5-7-9-17/h5-13,16H,4,14H2,1-3H3,(H,25,28). The lowest BCUT2D eigenvalue weighted by Gasteiger charge is -2.14. The Kier molecular flexibility index (Phi) is 7.31. The number of carbonyl (C=O) groups excluding carboxylic acids is 2. The Bertz CT molecular complexity index is 1050. The first-order valence-electron chi connectivity index (χ1n) is 9.90. The number of halogens is 1. The van der Waals surface area contributed by atoms with Crippen LogP contribution >= 0.6 is 11.6 Å². The van der Waals surface area contributed by atoms with Crippen LogP contribution in [0.4, 0.5) is 5.69 Å². The first-order chi connectivity index (χ1) is 14.9. The molecule has 0 bridgehead atoms. The van der Waals surface area contributed by atoms with Crippen LogP contribution in [0.3, 0.4) is 0 Å². The summed E-state index contributed by atoms with van der Waals surface area (Å²) >= 11 is 6.39. The van der Waals surface area contributed by atoms with E-state index in [2.05, 4.69) is 10.4 Å². The first kappa shape index (κ1) is 22.4. The summed E-state index contributed by atoms with van der Waals surface area (Å²) in [4.78, 5) is 25.1. The summed E-state index contributed by atoms with van der Waals surface area (Å²) in [5.74, 6) is -0.447. The molecule has 0 aliphatic heterocycles. The fourth-order valence-corrected chi connectivity index (χ4v) is 3.28. The smallest absolute Gasteiger partial charge is 0.343 e. The highest BCUT2D eigenvalue weighted by Gasteiger charge is 2.26. The van der Waals surface area contributed by atoms with Gasteiger partial charge < -0.3 is 14.8 Å². The maximum Gasteiger partial charge on any atom is 0.343 e. The van der Waals surface area contributed by atoms with Gasteiger partial charge in [0.25, 0.3) is 5.91 Å². The molecule has 1 amide bonds. The van der Waals surface area contributed by atoms with Crippen LogP contribution in [-0.4, -0.2) is 34.4 Å². The Labute approximate surface area is 185 Å². The van der Waals surface area contributed by atoms with Crippen LogP contribution in [0, 0.1) is 6.92 Å². The molecule has 0 radical (unpaired) electrons. The van der Waals surface area contributed by atoms with Crippen molar-refractivity contribution >= 4 is 29.2 Å². The van der Waals surface area contributed by atoms with Crippen LogP contribution < -0.4 is 10.1 Å². The van der Waals surface area contributed by atoms with Crippen molar-refractivity contribution in [2.24, 2.45) is 0 Å². The number of hydrogen-bond acceptors (Lipinski definition) is 5. The van der Waals surface area contributed by atoms with E-state index in [0.717, 1.165) is 5.56 Å². The fraction of sp³-hybridized carbons (Fsp3) is 0.261. The van der Waals surface area contributed by atoms with Gasteiger partial charge in [-0.05, 0) is 50.6 Å². The highest BCUT2D eigenvalue weighted by molar-refractivity contribution is 6.32. The SMILES string of the molecule is CCOc1ccc(NC(=O)C(C)OC(=O)c2c(C)nn(Cc3ccccc3)c2Cl)cc1. The van der Waals surface area contributed by atoms with E-state index in [1.165, 1.54) is 11.6 Å². The Morgan fingerprint density at radius 2 is 1.81 bits per heavy atom. The maximum atomic E-state index is 12.7. The van der Waals surface area contributed by atoms with E-state index < -0.39 is 18.0 Å². The third-order valence-corrected chi connectivity index (χ3v) is 4.91. The normalized spacial score (nSPS) is 11.6. The van der Waals surface area contributed by atoms with Crippen LogP contribution in [0.25, 0.3) is 0 Å². The summed E-state index contributed by atoms with van der Waals surface area (Å²) in [6.45, 7) is 6.04. The lowest BCUT2D eigenvalue weighted by Crippen LogP contribution is -2.30. The van der Waals surface area contributed by atoms with Gasteiger partial charge in [0.1, 0.15) is 16.5 Å². The van der Waals surface area contributed by atoms with Gasteiger partial charge in [0.2, 0.25) is 0 Å². The largest absolute Gasteiger partial charge is 0.494 e. The summed E-state index contributed by atoms with van der Waals surface area (Å²) in [7, 11) is 0. The van der Waals surface area contributed by atoms with E-state index in [4.69, 9.17) is 21.1 Å². The molecule has 1 atom stereocenters. The summed E-state index contributed by atoms with van der Waals surface area (Å²) in [6.07, 6.45) is -1.02. The number of carbonyl (C=O) groups is 2. The second-order valence-electron chi connectivity index (χ2n) is 6.89. The third kappa shape index (κ3) is 5.64. The van der Waals surface area contributed by atoms with Crippen LogP contribution in [-0.2, 0) is 16.1 Å². The predicted octanol–water partition coefficient (Wildman–Crippen LogP) is 4.48. The van der Waals surface area contributed by atoms with Gasteiger partial charge in [-0.15, -0.1) is 0 Å². The van der Waals surface area contributed by atoms with E-state index in [0.29, 0.717) is 30.3 Å². The molecular formula is C23H24ClN3O4. The number of ether oxygens (including phenoxy) is 2. The van der Waals surface area contributed by atoms with Crippen molar-refractivity contribution in [3.63, 3.8) is 0 Å². The predicted molar refractivity (Wildman–Crippen MR) is 119 cm³/mol. The average Bonchev–Trinajstić information content (AvgIpc) is 3.03. The van der Waals surface area contributed by atoms with Crippen LogP contribution in [0.15, 0.2) is 54.6 Å². The van der Waals surface area contributed by atoms with Crippen molar-refractivity contribution in [3.8, 4) is 5.75 Å². The van der Waals surface area contributed by atoms with Crippen molar-refractivity contribution in [2.45, 2.75) is 33.4 Å². The number of aromatic nitrogens is 2. The van der Waals surface area contributed by atoms with Crippen molar-refractivity contribution in [3.05, 3.63) is 76.6 Å². The molecular weight excluding hydrogens is 418 g/mol. The zero-order valence-electron chi connectivity index (χ0n) is 17.6. The third-order valence-electron chi connectivity index (χ3n) is 4.53. The molecule has 162 valence electrons. The summed E-state index contributed by atoms with van der Waals surface area (Å²) in [5.41, 5.74) is 2.15. The van der Waals surface area contributed by atoms with Crippen molar-refractivity contribution < 1.29 is 19.1 Å². The average molecular weight is 442 g/mol. The van der Waals surface area contributed by atoms with Gasteiger partial charge in [-0.25, -0.2) is 9.48 Å². The fourth-order valence-electron chi connectivity index (χ4n) is 2.96. The summed E-state index contributed by atoms with van der Waals surface area (Å²) in [5, 5.41) is 7.22. The Morgan fingerprint density at radius 1 is 1.13 bits per heavy atom. The van der Waals surface area contributed by atoms with Gasteiger partial charge in [-0.1, -0.05) is 41.9 Å². The number of nitrogens with one attached hydrogen (secondary N) is 1. The van der Waals surface area contributed by atoms with Crippen LogP contribution in [0.2, 0.25) is 5.15 Å². The van der Waals surface area contributed by atoms with E-state index in [1.54, 1.807) is 31.2 Å². The van der Waals surface area contributed by atoms with Gasteiger partial charge in [0, 0.05) is 5.69 Å². The Hall–Kier alpha value is -3.32. The maximum absolute atomic E-state index is 12.7. The molecule has 0 saturated carbocycles. The summed E-state index contributed by atoms with van der Waals surface area (Å²) < 4.78 is 12.3. The van der Waals surface area contributed by atoms with Gasteiger partial charge >= 0.3 is 5.97 Å². The number of anilines is 1. The van der Waals surface area contributed by atoms with E-state index in [-0.39, 0.29) is 10.7 Å². The van der Waals surface area contributed by atoms with Crippen LogP contribution in [0.1, 0.15) is 35.5 Å². The molecule has 1 unspecified atom stereocenters. The van der Waals surface area contributed by atoms with Gasteiger partial charge in [-0.3, -0.25) is 4.79 Å². The Morgan fingerprint density at radius 3 is 2.45 bits per heavy atom. The highest BCUT2D eigenvalue weighted by Crippen LogP contribution is 2.23. The lowest BCUT2D eigenvalue weighted by molar-refractivity contribution is -0.123. The molecule has 0 aliphatic carbocycles. The molecule has 7 nitrogen and oxygen atoms in total. The second-order valence-corrected chi connectivity index (χ2v) is 7.25. The minimum atomic E-state index is -1.02. The number of hydrogen-bond donors (Lipinski definition) is 1.